The highest BCUT2D eigenvalue weighted by Gasteiger charge is 2.24. The van der Waals surface area contributed by atoms with Gasteiger partial charge in [-0.1, -0.05) is 19.9 Å². The Morgan fingerprint density at radius 1 is 1.42 bits per heavy atom. The fourth-order valence-corrected chi connectivity index (χ4v) is 3.06. The van der Waals surface area contributed by atoms with Crippen LogP contribution in [0.3, 0.4) is 0 Å². The number of amides is 1. The van der Waals surface area contributed by atoms with E-state index in [4.69, 9.17) is 4.74 Å². The number of benzene rings is 1. The van der Waals surface area contributed by atoms with E-state index in [1.54, 1.807) is 10.7 Å². The lowest BCUT2D eigenvalue weighted by atomic mass is 10.0. The number of aromatic nitrogens is 2. The molecule has 1 aromatic carbocycles. The van der Waals surface area contributed by atoms with E-state index in [0.717, 1.165) is 24.1 Å². The third-order valence-electron chi connectivity index (χ3n) is 4.29. The van der Waals surface area contributed by atoms with E-state index < -0.39 is 0 Å². The zero-order chi connectivity index (χ0) is 17.3. The van der Waals surface area contributed by atoms with Crippen LogP contribution >= 0.6 is 0 Å². The first-order valence-electron chi connectivity index (χ1n) is 8.22. The van der Waals surface area contributed by atoms with Crippen LogP contribution < -0.4 is 10.1 Å². The number of carbonyl (C=O) groups excluding carboxylic acids is 1. The van der Waals surface area contributed by atoms with Crippen LogP contribution in [0, 0.1) is 5.82 Å². The molecule has 24 heavy (non-hydrogen) atoms. The van der Waals surface area contributed by atoms with Crippen LogP contribution in [0.2, 0.25) is 0 Å². The maximum Gasteiger partial charge on any atom is 0.272 e. The van der Waals surface area contributed by atoms with Crippen molar-refractivity contribution in [2.45, 2.75) is 38.6 Å². The van der Waals surface area contributed by atoms with Gasteiger partial charge in [0.15, 0.2) is 0 Å². The number of carbonyl (C=O) groups is 1. The molecule has 0 saturated heterocycles. The third kappa shape index (κ3) is 3.27. The normalized spacial score (nSPS) is 17.1. The van der Waals surface area contributed by atoms with Crippen LogP contribution in [-0.2, 0) is 7.05 Å². The summed E-state index contributed by atoms with van der Waals surface area (Å²) in [7, 11) is 1.84. The van der Waals surface area contributed by atoms with Gasteiger partial charge in [-0.25, -0.2) is 4.39 Å². The Hall–Kier alpha value is -2.37. The fraction of sp³-hybridized carbons (Fsp3) is 0.444. The Morgan fingerprint density at radius 3 is 2.92 bits per heavy atom. The van der Waals surface area contributed by atoms with Gasteiger partial charge in [0.05, 0.1) is 12.6 Å². The molecule has 1 N–H and O–H groups in total. The molecule has 3 rings (SSSR count). The van der Waals surface area contributed by atoms with E-state index in [-0.39, 0.29) is 17.8 Å². The van der Waals surface area contributed by atoms with Crippen molar-refractivity contribution in [2.24, 2.45) is 7.05 Å². The van der Waals surface area contributed by atoms with Gasteiger partial charge < -0.3 is 10.1 Å². The molecule has 1 amide bonds. The molecule has 1 aliphatic rings. The zero-order valence-corrected chi connectivity index (χ0v) is 14.2. The lowest BCUT2D eigenvalue weighted by Crippen LogP contribution is -2.28. The second-order valence-electron chi connectivity index (χ2n) is 6.43. The molecule has 5 nitrogen and oxygen atoms in total. The number of hydrogen-bond donors (Lipinski definition) is 1. The molecule has 1 aliphatic heterocycles. The van der Waals surface area contributed by atoms with E-state index in [1.807, 2.05) is 13.1 Å². The molecular weight excluding hydrogens is 309 g/mol. The molecule has 2 aromatic rings. The Bertz CT molecular complexity index is 755. The van der Waals surface area contributed by atoms with Crippen LogP contribution in [0.5, 0.6) is 5.75 Å². The summed E-state index contributed by atoms with van der Waals surface area (Å²) in [6, 6.07) is 6.06. The van der Waals surface area contributed by atoms with Crippen LogP contribution in [-0.4, -0.2) is 22.3 Å². The minimum atomic E-state index is -0.341. The van der Waals surface area contributed by atoms with Gasteiger partial charge in [0.1, 0.15) is 17.3 Å². The molecule has 1 aromatic heterocycles. The van der Waals surface area contributed by atoms with E-state index in [9.17, 15) is 9.18 Å². The summed E-state index contributed by atoms with van der Waals surface area (Å²) in [4.78, 5) is 12.6. The topological polar surface area (TPSA) is 56.1 Å². The van der Waals surface area contributed by atoms with E-state index in [2.05, 4.69) is 24.3 Å². The number of fused-ring (bicyclic) bond motifs is 1. The van der Waals surface area contributed by atoms with Crippen LogP contribution in [0.1, 0.15) is 60.4 Å². The number of nitrogens with one attached hydrogen (secondary N) is 1. The van der Waals surface area contributed by atoms with Crippen LogP contribution in [0.4, 0.5) is 4.39 Å². The Balaban J connectivity index is 1.83. The second-order valence-corrected chi connectivity index (χ2v) is 6.43. The summed E-state index contributed by atoms with van der Waals surface area (Å²) in [6.45, 7) is 4.64. The van der Waals surface area contributed by atoms with Crippen molar-refractivity contribution in [1.82, 2.24) is 15.1 Å². The summed E-state index contributed by atoms with van der Waals surface area (Å²) in [5.41, 5.74) is 2.21. The number of hydrogen-bond acceptors (Lipinski definition) is 3. The Kier molecular flexibility index (Phi) is 4.55. The number of ether oxygens (including phenoxy) is 1. The maximum atomic E-state index is 13.4. The molecule has 6 heteroatoms. The van der Waals surface area contributed by atoms with Crippen molar-refractivity contribution < 1.29 is 13.9 Å². The standard InChI is InChI=1S/C18H22FN3O2/c1-11(2)16-10-15(21-22(16)3)18(23)20-14-5-4-8-24-17-9-12(19)6-7-13(14)17/h6-7,9-11,14H,4-5,8H2,1-3H3,(H,20,23)/t14-/m1/s1. The molecule has 1 atom stereocenters. The highest BCUT2D eigenvalue weighted by Crippen LogP contribution is 2.32. The maximum absolute atomic E-state index is 13.4. The van der Waals surface area contributed by atoms with Crippen molar-refractivity contribution in [3.63, 3.8) is 0 Å². The minimum Gasteiger partial charge on any atom is -0.493 e. The molecule has 0 spiro atoms. The summed E-state index contributed by atoms with van der Waals surface area (Å²) < 4.78 is 20.8. The summed E-state index contributed by atoms with van der Waals surface area (Å²) >= 11 is 0. The number of rotatable bonds is 3. The van der Waals surface area contributed by atoms with Gasteiger partial charge in [-0.15, -0.1) is 0 Å². The van der Waals surface area contributed by atoms with Crippen molar-refractivity contribution in [3.05, 3.63) is 47.0 Å². The lowest BCUT2D eigenvalue weighted by molar-refractivity contribution is 0.0929. The minimum absolute atomic E-state index is 0.208. The monoisotopic (exact) mass is 331 g/mol. The van der Waals surface area contributed by atoms with Crippen LogP contribution in [0.25, 0.3) is 0 Å². The fourth-order valence-electron chi connectivity index (χ4n) is 3.06. The predicted molar refractivity (Wildman–Crippen MR) is 88.6 cm³/mol. The highest BCUT2D eigenvalue weighted by atomic mass is 19.1. The van der Waals surface area contributed by atoms with Gasteiger partial charge in [0.2, 0.25) is 0 Å². The average molecular weight is 331 g/mol. The molecule has 128 valence electrons. The van der Waals surface area contributed by atoms with E-state index >= 15 is 0 Å². The molecule has 0 saturated carbocycles. The zero-order valence-electron chi connectivity index (χ0n) is 14.2. The van der Waals surface area contributed by atoms with E-state index in [0.29, 0.717) is 24.0 Å². The molecule has 0 bridgehead atoms. The average Bonchev–Trinajstić information content (AvgIpc) is 2.82. The number of aryl methyl sites for hydroxylation is 1. The van der Waals surface area contributed by atoms with Gasteiger partial charge in [-0.05, 0) is 30.9 Å². The molecule has 2 heterocycles. The predicted octanol–water partition coefficient (Wildman–Crippen LogP) is 3.33. The van der Waals surface area contributed by atoms with Crippen molar-refractivity contribution in [2.75, 3.05) is 6.61 Å². The summed E-state index contributed by atoms with van der Waals surface area (Å²) in [6.07, 6.45) is 1.54. The molecule has 0 unspecified atom stereocenters. The first-order valence-corrected chi connectivity index (χ1v) is 8.22. The summed E-state index contributed by atoms with van der Waals surface area (Å²) in [5.74, 6) is 0.229. The molecule has 0 fully saturated rings. The number of halogens is 1. The largest absolute Gasteiger partial charge is 0.493 e. The van der Waals surface area contributed by atoms with Crippen molar-refractivity contribution in [3.8, 4) is 5.75 Å². The molecule has 0 radical (unpaired) electrons. The SMILES string of the molecule is CC(C)c1cc(C(=O)N[C@@H]2CCCOc3cc(F)ccc32)nn1C. The van der Waals surface area contributed by atoms with Gasteiger partial charge >= 0.3 is 0 Å². The highest BCUT2D eigenvalue weighted by molar-refractivity contribution is 5.92. The smallest absolute Gasteiger partial charge is 0.272 e. The van der Waals surface area contributed by atoms with Gasteiger partial charge in [0, 0.05) is 24.4 Å². The van der Waals surface area contributed by atoms with Crippen LogP contribution in [0.15, 0.2) is 24.3 Å². The quantitative estimate of drug-likeness (QED) is 0.938. The van der Waals surface area contributed by atoms with Gasteiger partial charge in [-0.2, -0.15) is 5.10 Å². The molecule has 0 aliphatic carbocycles. The third-order valence-corrected chi connectivity index (χ3v) is 4.29. The molecular formula is C18H22FN3O2. The first-order chi connectivity index (χ1) is 11.5. The Labute approximate surface area is 140 Å². The van der Waals surface area contributed by atoms with Crippen molar-refractivity contribution in [1.29, 1.82) is 0 Å². The summed E-state index contributed by atoms with van der Waals surface area (Å²) in [5, 5.41) is 7.32. The second kappa shape index (κ2) is 6.63. The van der Waals surface area contributed by atoms with Crippen molar-refractivity contribution >= 4 is 5.91 Å². The van der Waals surface area contributed by atoms with E-state index in [1.165, 1.54) is 12.1 Å². The Morgan fingerprint density at radius 2 is 2.21 bits per heavy atom. The van der Waals surface area contributed by atoms with Gasteiger partial charge in [-0.3, -0.25) is 9.48 Å². The first kappa shape index (κ1) is 16.5. The number of nitrogens with zero attached hydrogens (tertiary/aromatic N) is 2. The van der Waals surface area contributed by atoms with Gasteiger partial charge in [0.25, 0.3) is 5.91 Å². The lowest BCUT2D eigenvalue weighted by Gasteiger charge is -2.17.